The van der Waals surface area contributed by atoms with E-state index in [1.54, 1.807) is 19.9 Å². The molecule has 0 amide bonds. The molecular weight excluding hydrogens is 245 g/mol. The topological polar surface area (TPSA) is 48.1 Å². The zero-order valence-electron chi connectivity index (χ0n) is 10.5. The molecule has 0 unspecified atom stereocenters. The van der Waals surface area contributed by atoms with Gasteiger partial charge in [-0.2, -0.15) is 13.2 Å². The number of aromatic nitrogens is 1. The average molecular weight is 262 g/mol. The van der Waals surface area contributed by atoms with Gasteiger partial charge in [0.1, 0.15) is 5.75 Å². The molecule has 18 heavy (non-hydrogen) atoms. The summed E-state index contributed by atoms with van der Waals surface area (Å²) < 4.78 is 41.3. The molecule has 0 atom stereocenters. The van der Waals surface area contributed by atoms with E-state index >= 15 is 0 Å². The Balaban J connectivity index is 2.61. The van der Waals surface area contributed by atoms with Crippen LogP contribution >= 0.6 is 0 Å². The maximum Gasteiger partial charge on any atom is 0.389 e. The number of hydrogen-bond acceptors (Lipinski definition) is 3. The number of halogens is 3. The lowest BCUT2D eigenvalue weighted by atomic mass is 10.1. The Bertz CT molecular complexity index is 405. The van der Waals surface area contributed by atoms with Crippen LogP contribution in [-0.2, 0) is 6.54 Å². The van der Waals surface area contributed by atoms with Crippen molar-refractivity contribution in [1.82, 2.24) is 4.98 Å². The van der Waals surface area contributed by atoms with Crippen molar-refractivity contribution >= 4 is 0 Å². The molecule has 1 rings (SSSR count). The van der Waals surface area contributed by atoms with Crippen molar-refractivity contribution in [3.05, 3.63) is 23.0 Å². The number of hydrogen-bond donors (Lipinski definition) is 1. The van der Waals surface area contributed by atoms with Crippen LogP contribution in [-0.4, -0.2) is 17.8 Å². The maximum absolute atomic E-state index is 12.0. The summed E-state index contributed by atoms with van der Waals surface area (Å²) in [5, 5.41) is 0. The molecule has 3 nitrogen and oxygen atoms in total. The quantitative estimate of drug-likeness (QED) is 0.830. The SMILES string of the molecule is Cc1cc(OCCCC(F)(F)F)c(CN)c(C)n1. The molecule has 0 saturated carbocycles. The van der Waals surface area contributed by atoms with Crippen LogP contribution < -0.4 is 10.5 Å². The average Bonchev–Trinajstić information content (AvgIpc) is 2.22. The third-order valence-corrected chi connectivity index (χ3v) is 2.48. The van der Waals surface area contributed by atoms with E-state index in [9.17, 15) is 13.2 Å². The van der Waals surface area contributed by atoms with Crippen molar-refractivity contribution in [3.8, 4) is 5.75 Å². The van der Waals surface area contributed by atoms with Gasteiger partial charge in [0.2, 0.25) is 0 Å². The number of nitrogens with zero attached hydrogens (tertiary/aromatic N) is 1. The highest BCUT2D eigenvalue weighted by molar-refractivity contribution is 5.37. The second-order valence-corrected chi connectivity index (χ2v) is 4.10. The highest BCUT2D eigenvalue weighted by Gasteiger charge is 2.26. The normalized spacial score (nSPS) is 11.7. The zero-order valence-corrected chi connectivity index (χ0v) is 10.5. The molecule has 1 heterocycles. The molecule has 0 fully saturated rings. The third-order valence-electron chi connectivity index (χ3n) is 2.48. The predicted molar refractivity (Wildman–Crippen MR) is 62.4 cm³/mol. The summed E-state index contributed by atoms with van der Waals surface area (Å²) in [5.41, 5.74) is 7.83. The van der Waals surface area contributed by atoms with Crippen molar-refractivity contribution in [2.24, 2.45) is 5.73 Å². The molecule has 1 aromatic heterocycles. The molecule has 1 aromatic rings. The monoisotopic (exact) mass is 262 g/mol. The van der Waals surface area contributed by atoms with Crippen molar-refractivity contribution in [1.29, 1.82) is 0 Å². The lowest BCUT2D eigenvalue weighted by Gasteiger charge is -2.13. The first-order chi connectivity index (χ1) is 8.33. The molecule has 0 radical (unpaired) electrons. The van der Waals surface area contributed by atoms with Gasteiger partial charge in [-0.25, -0.2) is 0 Å². The van der Waals surface area contributed by atoms with Crippen LogP contribution in [0.15, 0.2) is 6.07 Å². The smallest absolute Gasteiger partial charge is 0.389 e. The van der Waals surface area contributed by atoms with E-state index in [2.05, 4.69) is 4.98 Å². The van der Waals surface area contributed by atoms with Gasteiger partial charge in [-0.15, -0.1) is 0 Å². The molecule has 0 aliphatic carbocycles. The van der Waals surface area contributed by atoms with Gasteiger partial charge < -0.3 is 10.5 Å². The fraction of sp³-hybridized carbons (Fsp3) is 0.583. The van der Waals surface area contributed by atoms with Crippen LogP contribution in [0.2, 0.25) is 0 Å². The van der Waals surface area contributed by atoms with Gasteiger partial charge >= 0.3 is 6.18 Å². The van der Waals surface area contributed by atoms with E-state index in [-0.39, 0.29) is 19.6 Å². The maximum atomic E-state index is 12.0. The molecule has 0 aliphatic rings. The number of rotatable bonds is 5. The summed E-state index contributed by atoms with van der Waals surface area (Å²) in [7, 11) is 0. The van der Waals surface area contributed by atoms with Gasteiger partial charge in [0.15, 0.2) is 0 Å². The Labute approximate surface area is 104 Å². The van der Waals surface area contributed by atoms with Crippen LogP contribution in [0.25, 0.3) is 0 Å². The van der Waals surface area contributed by atoms with Crippen LogP contribution in [0, 0.1) is 13.8 Å². The largest absolute Gasteiger partial charge is 0.493 e. The summed E-state index contributed by atoms with van der Waals surface area (Å²) in [6.07, 6.45) is -5.04. The van der Waals surface area contributed by atoms with Crippen LogP contribution in [0.5, 0.6) is 5.75 Å². The fourth-order valence-electron chi connectivity index (χ4n) is 1.65. The summed E-state index contributed by atoms with van der Waals surface area (Å²) in [6.45, 7) is 3.89. The van der Waals surface area contributed by atoms with Crippen molar-refractivity contribution < 1.29 is 17.9 Å². The summed E-state index contributed by atoms with van der Waals surface area (Å²) >= 11 is 0. The van der Waals surface area contributed by atoms with Crippen molar-refractivity contribution in [2.45, 2.75) is 39.4 Å². The number of nitrogens with two attached hydrogens (primary N) is 1. The van der Waals surface area contributed by atoms with Gasteiger partial charge in [-0.1, -0.05) is 0 Å². The minimum Gasteiger partial charge on any atom is -0.493 e. The lowest BCUT2D eigenvalue weighted by Crippen LogP contribution is -2.11. The van der Waals surface area contributed by atoms with Crippen LogP contribution in [0.1, 0.15) is 29.8 Å². The molecule has 2 N–H and O–H groups in total. The van der Waals surface area contributed by atoms with Crippen molar-refractivity contribution in [3.63, 3.8) is 0 Å². The first-order valence-electron chi connectivity index (χ1n) is 5.70. The Morgan fingerprint density at radius 2 is 2.00 bits per heavy atom. The molecule has 6 heteroatoms. The second-order valence-electron chi connectivity index (χ2n) is 4.10. The van der Waals surface area contributed by atoms with E-state index in [0.717, 1.165) is 17.0 Å². The van der Waals surface area contributed by atoms with Crippen molar-refractivity contribution in [2.75, 3.05) is 6.61 Å². The van der Waals surface area contributed by atoms with E-state index in [1.165, 1.54) is 0 Å². The molecule has 0 spiro atoms. The minimum atomic E-state index is -4.13. The first kappa shape index (κ1) is 14.8. The summed E-state index contributed by atoms with van der Waals surface area (Å²) in [5.74, 6) is 0.532. The van der Waals surface area contributed by atoms with Gasteiger partial charge in [-0.05, 0) is 20.3 Å². The summed E-state index contributed by atoms with van der Waals surface area (Å²) in [4.78, 5) is 4.23. The Hall–Kier alpha value is -1.30. The Morgan fingerprint density at radius 1 is 1.33 bits per heavy atom. The number of pyridine rings is 1. The van der Waals surface area contributed by atoms with E-state index in [4.69, 9.17) is 10.5 Å². The van der Waals surface area contributed by atoms with E-state index in [0.29, 0.717) is 5.75 Å². The van der Waals surface area contributed by atoms with Crippen LogP contribution in [0.3, 0.4) is 0 Å². The Morgan fingerprint density at radius 3 is 2.56 bits per heavy atom. The van der Waals surface area contributed by atoms with Gasteiger partial charge in [0, 0.05) is 36.0 Å². The highest BCUT2D eigenvalue weighted by Crippen LogP contribution is 2.24. The van der Waals surface area contributed by atoms with E-state index < -0.39 is 12.6 Å². The van der Waals surface area contributed by atoms with Gasteiger partial charge in [-0.3, -0.25) is 4.98 Å². The molecule has 0 bridgehead atoms. The van der Waals surface area contributed by atoms with Crippen LogP contribution in [0.4, 0.5) is 13.2 Å². The number of ether oxygens (including phenoxy) is 1. The lowest BCUT2D eigenvalue weighted by molar-refractivity contribution is -0.136. The number of alkyl halides is 3. The van der Waals surface area contributed by atoms with Gasteiger partial charge in [0.25, 0.3) is 0 Å². The van der Waals surface area contributed by atoms with Gasteiger partial charge in [0.05, 0.1) is 6.61 Å². The highest BCUT2D eigenvalue weighted by atomic mass is 19.4. The molecule has 0 aliphatic heterocycles. The second kappa shape index (κ2) is 6.04. The third kappa shape index (κ3) is 4.52. The predicted octanol–water partition coefficient (Wildman–Crippen LogP) is 2.88. The van der Waals surface area contributed by atoms with E-state index in [1.807, 2.05) is 0 Å². The molecule has 102 valence electrons. The standard InChI is InChI=1S/C12H17F3N2O/c1-8-6-11(10(7-16)9(2)17-8)18-5-3-4-12(13,14)15/h6H,3-5,7,16H2,1-2H3. The number of aryl methyl sites for hydroxylation is 2. The first-order valence-corrected chi connectivity index (χ1v) is 5.70. The molecular formula is C12H17F3N2O. The molecule has 0 saturated heterocycles. The Kier molecular flexibility index (Phi) is 4.95. The minimum absolute atomic E-state index is 0.0232. The molecule has 0 aromatic carbocycles. The summed E-state index contributed by atoms with van der Waals surface area (Å²) in [6, 6.07) is 1.70. The zero-order chi connectivity index (χ0) is 13.8. The fourth-order valence-corrected chi connectivity index (χ4v) is 1.65.